The Morgan fingerprint density at radius 3 is 3.10 bits per heavy atom. The van der Waals surface area contributed by atoms with Crippen LogP contribution >= 0.6 is 0 Å². The first-order chi connectivity index (χ1) is 9.79. The number of methoxy groups -OCH3 is 1. The second-order valence-corrected chi connectivity index (χ2v) is 5.85. The van der Waals surface area contributed by atoms with Crippen LogP contribution in [0.15, 0.2) is 18.5 Å². The van der Waals surface area contributed by atoms with E-state index in [1.165, 1.54) is 37.8 Å². The van der Waals surface area contributed by atoms with Gasteiger partial charge in [0.05, 0.1) is 6.61 Å². The van der Waals surface area contributed by atoms with Crippen LogP contribution in [0.1, 0.15) is 31.2 Å². The van der Waals surface area contributed by atoms with E-state index in [9.17, 15) is 0 Å². The van der Waals surface area contributed by atoms with Gasteiger partial charge in [-0.3, -0.25) is 0 Å². The zero-order valence-electron chi connectivity index (χ0n) is 13.0. The number of hydrogen-bond acceptors (Lipinski definition) is 3. The molecule has 1 N–H and O–H groups in total. The summed E-state index contributed by atoms with van der Waals surface area (Å²) in [5, 5.41) is 3.38. The average Bonchev–Trinajstić information content (AvgIpc) is 2.91. The summed E-state index contributed by atoms with van der Waals surface area (Å²) < 4.78 is 7.36. The van der Waals surface area contributed by atoms with Gasteiger partial charge >= 0.3 is 0 Å². The van der Waals surface area contributed by atoms with Crippen LogP contribution in [-0.4, -0.2) is 49.4 Å². The molecule has 0 aromatic carbocycles. The van der Waals surface area contributed by atoms with Gasteiger partial charge in [0, 0.05) is 45.2 Å². The van der Waals surface area contributed by atoms with Gasteiger partial charge in [0.15, 0.2) is 0 Å². The van der Waals surface area contributed by atoms with Crippen molar-refractivity contribution in [3.8, 4) is 0 Å². The Balaban J connectivity index is 1.69. The summed E-state index contributed by atoms with van der Waals surface area (Å²) in [6, 6.07) is 2.99. The van der Waals surface area contributed by atoms with Gasteiger partial charge in [0.25, 0.3) is 0 Å². The fourth-order valence-corrected chi connectivity index (χ4v) is 2.95. The smallest absolute Gasteiger partial charge is 0.0587 e. The summed E-state index contributed by atoms with van der Waals surface area (Å²) in [7, 11) is 4.01. The van der Waals surface area contributed by atoms with Crippen molar-refractivity contribution < 1.29 is 4.74 Å². The third-order valence-electron chi connectivity index (χ3n) is 4.27. The Morgan fingerprint density at radius 2 is 2.30 bits per heavy atom. The predicted octanol–water partition coefficient (Wildman–Crippen LogP) is 2.10. The monoisotopic (exact) mass is 279 g/mol. The van der Waals surface area contributed by atoms with E-state index in [2.05, 4.69) is 40.3 Å². The molecule has 1 saturated heterocycles. The lowest BCUT2D eigenvalue weighted by Gasteiger charge is -2.32. The van der Waals surface area contributed by atoms with Gasteiger partial charge in [0.1, 0.15) is 0 Å². The first-order valence-electron chi connectivity index (χ1n) is 7.84. The Morgan fingerprint density at radius 1 is 1.40 bits per heavy atom. The minimum absolute atomic E-state index is 0.773. The topological polar surface area (TPSA) is 29.4 Å². The fraction of sp³-hybridized carbons (Fsp3) is 0.750. The van der Waals surface area contributed by atoms with E-state index in [4.69, 9.17) is 4.74 Å². The summed E-state index contributed by atoms with van der Waals surface area (Å²) in [4.78, 5) is 2.53. The largest absolute Gasteiger partial charge is 0.383 e. The van der Waals surface area contributed by atoms with Crippen molar-refractivity contribution in [2.75, 3.05) is 33.9 Å². The highest BCUT2D eigenvalue weighted by Crippen LogP contribution is 2.18. The first kappa shape index (κ1) is 15.5. The van der Waals surface area contributed by atoms with Crippen LogP contribution in [0.5, 0.6) is 0 Å². The van der Waals surface area contributed by atoms with Crippen molar-refractivity contribution in [1.29, 1.82) is 0 Å². The van der Waals surface area contributed by atoms with E-state index in [0.717, 1.165) is 32.3 Å². The number of ether oxygens (including phenoxy) is 1. The van der Waals surface area contributed by atoms with Crippen LogP contribution in [-0.2, 0) is 17.8 Å². The maximum atomic E-state index is 5.03. The molecule has 1 fully saturated rings. The van der Waals surface area contributed by atoms with Crippen LogP contribution < -0.4 is 5.32 Å². The molecule has 0 amide bonds. The molecule has 2 rings (SSSR count). The van der Waals surface area contributed by atoms with Crippen LogP contribution in [0.25, 0.3) is 0 Å². The summed E-state index contributed by atoms with van der Waals surface area (Å²) in [5.41, 5.74) is 1.36. The Bertz CT molecular complexity index is 378. The zero-order valence-corrected chi connectivity index (χ0v) is 13.0. The van der Waals surface area contributed by atoms with Crippen molar-refractivity contribution in [2.45, 2.75) is 44.8 Å². The maximum Gasteiger partial charge on any atom is 0.0587 e. The predicted molar refractivity (Wildman–Crippen MR) is 82.9 cm³/mol. The molecule has 0 radical (unpaired) electrons. The number of nitrogens with zero attached hydrogens (tertiary/aromatic N) is 2. The number of hydrogen-bond donors (Lipinski definition) is 1. The van der Waals surface area contributed by atoms with Crippen molar-refractivity contribution in [3.05, 3.63) is 24.0 Å². The molecule has 1 aromatic rings. The van der Waals surface area contributed by atoms with Crippen molar-refractivity contribution in [1.82, 2.24) is 14.8 Å². The number of aromatic nitrogens is 1. The molecule has 1 aliphatic rings. The fourth-order valence-electron chi connectivity index (χ4n) is 2.95. The number of piperidine rings is 1. The molecule has 1 aromatic heterocycles. The summed E-state index contributed by atoms with van der Waals surface area (Å²) in [6.07, 6.45) is 9.87. The molecule has 0 bridgehead atoms. The molecule has 0 spiro atoms. The van der Waals surface area contributed by atoms with Gasteiger partial charge in [-0.15, -0.1) is 0 Å². The highest BCUT2D eigenvalue weighted by Gasteiger charge is 2.18. The van der Waals surface area contributed by atoms with Crippen molar-refractivity contribution in [2.24, 2.45) is 0 Å². The van der Waals surface area contributed by atoms with Gasteiger partial charge in [-0.2, -0.15) is 0 Å². The second-order valence-electron chi connectivity index (χ2n) is 5.85. The molecule has 0 saturated carbocycles. The highest BCUT2D eigenvalue weighted by atomic mass is 16.5. The molecule has 1 aliphatic heterocycles. The van der Waals surface area contributed by atoms with Crippen LogP contribution in [0, 0.1) is 0 Å². The average molecular weight is 279 g/mol. The Kier molecular flexibility index (Phi) is 6.57. The van der Waals surface area contributed by atoms with Crippen LogP contribution in [0.3, 0.4) is 0 Å². The molecule has 4 nitrogen and oxygen atoms in total. The number of nitrogens with one attached hydrogen (secondary N) is 1. The van der Waals surface area contributed by atoms with E-state index in [1.807, 2.05) is 0 Å². The second kappa shape index (κ2) is 8.45. The lowest BCUT2D eigenvalue weighted by Crippen LogP contribution is -2.36. The van der Waals surface area contributed by atoms with E-state index >= 15 is 0 Å². The van der Waals surface area contributed by atoms with Gasteiger partial charge in [-0.1, -0.05) is 6.42 Å². The Labute approximate surface area is 123 Å². The Hall–Kier alpha value is -0.840. The molecule has 1 atom stereocenters. The molecule has 0 aliphatic carbocycles. The van der Waals surface area contributed by atoms with Gasteiger partial charge < -0.3 is 19.5 Å². The molecule has 114 valence electrons. The lowest BCUT2D eigenvalue weighted by atomic mass is 10.0. The maximum absolute atomic E-state index is 5.03. The number of rotatable bonds is 8. The van der Waals surface area contributed by atoms with Gasteiger partial charge in [-0.05, 0) is 44.5 Å². The van der Waals surface area contributed by atoms with E-state index in [1.54, 1.807) is 7.11 Å². The lowest BCUT2D eigenvalue weighted by molar-refractivity contribution is 0.171. The molecular weight excluding hydrogens is 250 g/mol. The minimum Gasteiger partial charge on any atom is -0.383 e. The minimum atomic E-state index is 0.773. The summed E-state index contributed by atoms with van der Waals surface area (Å²) in [6.45, 7) is 5.01. The van der Waals surface area contributed by atoms with E-state index in [0.29, 0.717) is 0 Å². The van der Waals surface area contributed by atoms with E-state index < -0.39 is 0 Å². The van der Waals surface area contributed by atoms with Crippen molar-refractivity contribution in [3.63, 3.8) is 0 Å². The molecule has 1 unspecified atom stereocenters. The number of likely N-dealkylation sites (tertiary alicyclic amines) is 1. The molecular formula is C16H29N3O. The van der Waals surface area contributed by atoms with Crippen molar-refractivity contribution >= 4 is 0 Å². The highest BCUT2D eigenvalue weighted by molar-refractivity contribution is 5.09. The summed E-state index contributed by atoms with van der Waals surface area (Å²) in [5.74, 6) is 0. The van der Waals surface area contributed by atoms with E-state index in [-0.39, 0.29) is 0 Å². The van der Waals surface area contributed by atoms with Gasteiger partial charge in [-0.25, -0.2) is 0 Å². The SMILES string of the molecule is COCCNCc1ccn(CCC2CCCCN2C)c1. The molecule has 2 heterocycles. The van der Waals surface area contributed by atoms with Gasteiger partial charge in [0.2, 0.25) is 0 Å². The quantitative estimate of drug-likeness (QED) is 0.739. The number of aryl methyl sites for hydroxylation is 1. The van der Waals surface area contributed by atoms with Crippen LogP contribution in [0.2, 0.25) is 0 Å². The molecule has 4 heteroatoms. The standard InChI is InChI=1S/C16H29N3O/c1-18-9-4-3-5-16(18)7-11-19-10-6-15(14-19)13-17-8-12-20-2/h6,10,14,16-17H,3-5,7-9,11-13H2,1-2H3. The first-order valence-corrected chi connectivity index (χ1v) is 7.84. The third kappa shape index (κ3) is 4.93. The molecule has 20 heavy (non-hydrogen) atoms. The normalized spacial score (nSPS) is 20.4. The zero-order chi connectivity index (χ0) is 14.2. The summed E-state index contributed by atoms with van der Waals surface area (Å²) >= 11 is 0. The van der Waals surface area contributed by atoms with Crippen LogP contribution in [0.4, 0.5) is 0 Å². The third-order valence-corrected chi connectivity index (χ3v) is 4.27.